The first-order valence-electron chi connectivity index (χ1n) is 8.30. The van der Waals surface area contributed by atoms with E-state index in [9.17, 15) is 5.11 Å². The van der Waals surface area contributed by atoms with Crippen LogP contribution in [0.1, 0.15) is 35.6 Å². The highest BCUT2D eigenvalue weighted by Crippen LogP contribution is 2.60. The highest BCUT2D eigenvalue weighted by molar-refractivity contribution is 7.99. The van der Waals surface area contributed by atoms with Gasteiger partial charge in [-0.2, -0.15) is 11.8 Å². The minimum Gasteiger partial charge on any atom is -0.497 e. The van der Waals surface area contributed by atoms with Gasteiger partial charge in [0.25, 0.3) is 0 Å². The third-order valence-corrected chi connectivity index (χ3v) is 7.75. The zero-order valence-corrected chi connectivity index (χ0v) is 13.9. The van der Waals surface area contributed by atoms with Crippen molar-refractivity contribution in [3.05, 3.63) is 42.0 Å². The van der Waals surface area contributed by atoms with Crippen LogP contribution in [0.15, 0.2) is 30.9 Å². The number of aliphatic hydroxyl groups is 1. The summed E-state index contributed by atoms with van der Waals surface area (Å²) in [4.78, 5) is 0. The average Bonchev–Trinajstić information content (AvgIpc) is 2.90. The van der Waals surface area contributed by atoms with E-state index in [-0.39, 0.29) is 5.92 Å². The molecule has 3 heteroatoms. The average molecular weight is 316 g/mol. The van der Waals surface area contributed by atoms with Crippen molar-refractivity contribution in [2.24, 2.45) is 17.8 Å². The molecule has 2 nitrogen and oxygen atoms in total. The maximum absolute atomic E-state index is 11.2. The molecule has 1 saturated heterocycles. The second-order valence-electron chi connectivity index (χ2n) is 7.02. The molecular weight excluding hydrogens is 292 g/mol. The lowest BCUT2D eigenvalue weighted by Crippen LogP contribution is -2.50. The van der Waals surface area contributed by atoms with Crippen molar-refractivity contribution in [3.8, 4) is 5.75 Å². The third kappa shape index (κ3) is 1.98. The molecule has 0 unspecified atom stereocenters. The van der Waals surface area contributed by atoms with E-state index in [2.05, 4.69) is 24.8 Å². The highest BCUT2D eigenvalue weighted by Gasteiger charge is 2.56. The normalized spacial score (nSPS) is 39.5. The maximum Gasteiger partial charge on any atom is 0.119 e. The van der Waals surface area contributed by atoms with E-state index < -0.39 is 5.60 Å². The fraction of sp³-hybridized carbons (Fsp3) is 0.579. The van der Waals surface area contributed by atoms with Crippen LogP contribution in [0.3, 0.4) is 0 Å². The Labute approximate surface area is 136 Å². The first-order valence-corrected chi connectivity index (χ1v) is 9.35. The van der Waals surface area contributed by atoms with Crippen molar-refractivity contribution in [2.45, 2.75) is 36.5 Å². The Kier molecular flexibility index (Phi) is 3.54. The van der Waals surface area contributed by atoms with Crippen LogP contribution in [-0.2, 0) is 6.42 Å². The van der Waals surface area contributed by atoms with Crippen LogP contribution in [-0.4, -0.2) is 23.6 Å². The minimum atomic E-state index is -0.516. The molecule has 0 amide bonds. The topological polar surface area (TPSA) is 29.5 Å². The summed E-state index contributed by atoms with van der Waals surface area (Å²) >= 11 is 1.96. The number of thioether (sulfide) groups is 1. The Hall–Kier alpha value is -0.930. The Morgan fingerprint density at radius 3 is 3.00 bits per heavy atom. The highest BCUT2D eigenvalue weighted by atomic mass is 32.2. The molecule has 0 radical (unpaired) electrons. The van der Waals surface area contributed by atoms with Gasteiger partial charge in [0.15, 0.2) is 0 Å². The molecule has 5 atom stereocenters. The number of hydrogen-bond acceptors (Lipinski definition) is 3. The van der Waals surface area contributed by atoms with Gasteiger partial charge in [0.2, 0.25) is 0 Å². The molecule has 2 fully saturated rings. The summed E-state index contributed by atoms with van der Waals surface area (Å²) in [5.41, 5.74) is 2.40. The van der Waals surface area contributed by atoms with Crippen LogP contribution in [0.4, 0.5) is 0 Å². The predicted octanol–water partition coefficient (Wildman–Crippen LogP) is 3.99. The van der Waals surface area contributed by atoms with Crippen molar-refractivity contribution < 1.29 is 9.84 Å². The number of hydrogen-bond donors (Lipinski definition) is 1. The standard InChI is InChI=1S/C19H24O2S/c1-3-13-5-9-17-16-7-4-12-10-14(21-2)6-8-15(12)18(16)22-11-19(13,17)20/h3,6,8,10,13,16-18,20H,1,4-5,7,9,11H2,2H3/t13-,16+,17+,18-,19+/m1/s1. The molecule has 4 rings (SSSR count). The summed E-state index contributed by atoms with van der Waals surface area (Å²) in [7, 11) is 1.73. The van der Waals surface area contributed by atoms with Gasteiger partial charge in [-0.15, -0.1) is 6.58 Å². The molecule has 0 aromatic heterocycles. The lowest BCUT2D eigenvalue weighted by atomic mass is 9.70. The van der Waals surface area contributed by atoms with Crippen LogP contribution in [0.2, 0.25) is 0 Å². The van der Waals surface area contributed by atoms with E-state index in [1.165, 1.54) is 17.5 Å². The van der Waals surface area contributed by atoms with Crippen LogP contribution in [0.25, 0.3) is 0 Å². The Morgan fingerprint density at radius 2 is 2.23 bits per heavy atom. The second-order valence-corrected chi connectivity index (χ2v) is 8.15. The van der Waals surface area contributed by atoms with Gasteiger partial charge in [0.05, 0.1) is 12.7 Å². The Morgan fingerprint density at radius 1 is 1.36 bits per heavy atom. The van der Waals surface area contributed by atoms with E-state index in [1.54, 1.807) is 7.11 Å². The van der Waals surface area contributed by atoms with Gasteiger partial charge >= 0.3 is 0 Å². The van der Waals surface area contributed by atoms with E-state index in [4.69, 9.17) is 4.74 Å². The van der Waals surface area contributed by atoms with E-state index >= 15 is 0 Å². The zero-order valence-electron chi connectivity index (χ0n) is 13.1. The molecule has 1 aromatic rings. The smallest absolute Gasteiger partial charge is 0.119 e. The second kappa shape index (κ2) is 5.31. The molecule has 22 heavy (non-hydrogen) atoms. The summed E-state index contributed by atoms with van der Waals surface area (Å²) in [5, 5.41) is 11.8. The monoisotopic (exact) mass is 316 g/mol. The SMILES string of the molecule is C=C[C@@H]1CC[C@H]2[C@@H]3CCc4cc(OC)ccc4[C@H]3SC[C@]12O. The van der Waals surface area contributed by atoms with Crippen LogP contribution in [0.5, 0.6) is 5.75 Å². The van der Waals surface area contributed by atoms with Crippen molar-refractivity contribution in [1.82, 2.24) is 0 Å². The third-order valence-electron chi connectivity index (χ3n) is 6.16. The largest absolute Gasteiger partial charge is 0.497 e. The Balaban J connectivity index is 1.67. The quantitative estimate of drug-likeness (QED) is 0.837. The van der Waals surface area contributed by atoms with Crippen molar-refractivity contribution in [2.75, 3.05) is 12.9 Å². The van der Waals surface area contributed by atoms with Gasteiger partial charge in [0, 0.05) is 16.9 Å². The molecule has 118 valence electrons. The first kappa shape index (κ1) is 14.6. The van der Waals surface area contributed by atoms with Gasteiger partial charge in [-0.25, -0.2) is 0 Å². The summed E-state index contributed by atoms with van der Waals surface area (Å²) in [6.45, 7) is 3.95. The van der Waals surface area contributed by atoms with Gasteiger partial charge < -0.3 is 9.84 Å². The van der Waals surface area contributed by atoms with Gasteiger partial charge in [-0.3, -0.25) is 0 Å². The zero-order chi connectivity index (χ0) is 15.3. The number of benzene rings is 1. The van der Waals surface area contributed by atoms with Gasteiger partial charge in [-0.05, 0) is 60.8 Å². The summed E-state index contributed by atoms with van der Waals surface area (Å²) in [6.07, 6.45) is 6.54. The van der Waals surface area contributed by atoms with E-state index in [1.807, 2.05) is 17.8 Å². The lowest BCUT2D eigenvalue weighted by Gasteiger charge is -2.49. The number of fused-ring (bicyclic) bond motifs is 5. The molecule has 0 spiro atoms. The van der Waals surface area contributed by atoms with Crippen molar-refractivity contribution in [3.63, 3.8) is 0 Å². The Bertz CT molecular complexity index is 599. The summed E-state index contributed by atoms with van der Waals surface area (Å²) in [5.74, 6) is 3.14. The van der Waals surface area contributed by atoms with E-state index in [0.29, 0.717) is 17.1 Å². The molecule has 0 bridgehead atoms. The first-order chi connectivity index (χ1) is 10.7. The molecule has 1 N–H and O–H groups in total. The number of ether oxygens (including phenoxy) is 1. The number of rotatable bonds is 2. The van der Waals surface area contributed by atoms with E-state index in [0.717, 1.165) is 30.8 Å². The molecule has 1 saturated carbocycles. The van der Waals surface area contributed by atoms with Crippen LogP contribution >= 0.6 is 11.8 Å². The maximum atomic E-state index is 11.2. The lowest BCUT2D eigenvalue weighted by molar-refractivity contribution is -0.0301. The van der Waals surface area contributed by atoms with Gasteiger partial charge in [-0.1, -0.05) is 12.1 Å². The number of methoxy groups -OCH3 is 1. The molecule has 1 heterocycles. The fourth-order valence-corrected chi connectivity index (χ4v) is 6.87. The molecule has 1 aliphatic heterocycles. The van der Waals surface area contributed by atoms with Gasteiger partial charge in [0.1, 0.15) is 5.75 Å². The fourth-order valence-electron chi connectivity index (χ4n) is 5.01. The molecule has 3 aliphatic rings. The number of aryl methyl sites for hydroxylation is 1. The predicted molar refractivity (Wildman–Crippen MR) is 91.4 cm³/mol. The van der Waals surface area contributed by atoms with Crippen LogP contribution in [0, 0.1) is 17.8 Å². The minimum absolute atomic E-state index is 0.281. The molecule has 2 aliphatic carbocycles. The van der Waals surface area contributed by atoms with Crippen molar-refractivity contribution in [1.29, 1.82) is 0 Å². The summed E-state index contributed by atoms with van der Waals surface area (Å²) in [6, 6.07) is 6.54. The summed E-state index contributed by atoms with van der Waals surface area (Å²) < 4.78 is 5.37. The van der Waals surface area contributed by atoms with Crippen LogP contribution < -0.4 is 4.74 Å². The molecular formula is C19H24O2S. The molecule has 1 aromatic carbocycles. The van der Waals surface area contributed by atoms with Crippen molar-refractivity contribution >= 4 is 11.8 Å².